The molecule has 0 aliphatic carbocycles. The summed E-state index contributed by atoms with van der Waals surface area (Å²) in [6, 6.07) is 4.00. The van der Waals surface area contributed by atoms with E-state index in [1.54, 1.807) is 12.4 Å². The molecule has 0 bridgehead atoms. The molecule has 2 heterocycles. The van der Waals surface area contributed by atoms with Gasteiger partial charge in [-0.15, -0.1) is 0 Å². The molecular weight excluding hydrogens is 334 g/mol. The van der Waals surface area contributed by atoms with Gasteiger partial charge in [-0.05, 0) is 43.2 Å². The predicted molar refractivity (Wildman–Crippen MR) is 103 cm³/mol. The molecular formula is C18H25N5OS. The minimum Gasteiger partial charge on any atom is -0.350 e. The van der Waals surface area contributed by atoms with Gasteiger partial charge in [-0.1, -0.05) is 32.5 Å². The van der Waals surface area contributed by atoms with Gasteiger partial charge in [0.05, 0.1) is 0 Å². The average molecular weight is 359 g/mol. The molecule has 7 heteroatoms. The number of carbonyl (C=O) groups excluding carboxylic acids is 1. The quantitative estimate of drug-likeness (QED) is 0.625. The number of anilines is 2. The molecule has 25 heavy (non-hydrogen) atoms. The van der Waals surface area contributed by atoms with Crippen molar-refractivity contribution in [3.8, 4) is 0 Å². The number of amides is 1. The van der Waals surface area contributed by atoms with Crippen molar-refractivity contribution in [1.29, 1.82) is 0 Å². The largest absolute Gasteiger partial charge is 0.350 e. The smallest absolute Gasteiger partial charge is 0.256 e. The van der Waals surface area contributed by atoms with Crippen LogP contribution in [0.15, 0.2) is 29.7 Å². The Balaban J connectivity index is 2.39. The monoisotopic (exact) mass is 359 g/mol. The van der Waals surface area contributed by atoms with Crippen LogP contribution >= 0.6 is 11.8 Å². The van der Waals surface area contributed by atoms with E-state index in [9.17, 15) is 4.79 Å². The SMILES string of the molecule is CSc1ncc(C(=O)NC(C)C)c(Nc2cc(C(C)(C)C)ccn2)n1. The summed E-state index contributed by atoms with van der Waals surface area (Å²) in [5.41, 5.74) is 1.56. The van der Waals surface area contributed by atoms with Crippen LogP contribution in [0.25, 0.3) is 0 Å². The Morgan fingerprint density at radius 2 is 1.96 bits per heavy atom. The molecule has 0 atom stereocenters. The molecule has 134 valence electrons. The molecule has 2 N–H and O–H groups in total. The van der Waals surface area contributed by atoms with Crippen LogP contribution in [-0.2, 0) is 5.41 Å². The summed E-state index contributed by atoms with van der Waals surface area (Å²) in [5.74, 6) is 0.893. The van der Waals surface area contributed by atoms with E-state index in [-0.39, 0.29) is 17.4 Å². The minimum absolute atomic E-state index is 0.00726. The van der Waals surface area contributed by atoms with Crippen molar-refractivity contribution in [1.82, 2.24) is 20.3 Å². The molecule has 0 spiro atoms. The Kier molecular flexibility index (Phi) is 6.00. The van der Waals surface area contributed by atoms with Crippen molar-refractivity contribution in [2.75, 3.05) is 11.6 Å². The van der Waals surface area contributed by atoms with Gasteiger partial charge in [0.2, 0.25) is 0 Å². The van der Waals surface area contributed by atoms with Gasteiger partial charge in [0.15, 0.2) is 5.16 Å². The van der Waals surface area contributed by atoms with Crippen LogP contribution in [0.5, 0.6) is 0 Å². The Bertz CT molecular complexity index is 755. The fraction of sp³-hybridized carbons (Fsp3) is 0.444. The highest BCUT2D eigenvalue weighted by Gasteiger charge is 2.18. The maximum absolute atomic E-state index is 12.4. The van der Waals surface area contributed by atoms with Gasteiger partial charge >= 0.3 is 0 Å². The highest BCUT2D eigenvalue weighted by molar-refractivity contribution is 7.98. The van der Waals surface area contributed by atoms with Gasteiger partial charge < -0.3 is 10.6 Å². The van der Waals surface area contributed by atoms with Crippen molar-refractivity contribution in [2.45, 2.75) is 51.2 Å². The molecule has 0 fully saturated rings. The molecule has 0 aromatic carbocycles. The van der Waals surface area contributed by atoms with Gasteiger partial charge in [-0.25, -0.2) is 15.0 Å². The van der Waals surface area contributed by atoms with E-state index in [1.807, 2.05) is 32.2 Å². The number of hydrogen-bond donors (Lipinski definition) is 2. The molecule has 0 saturated heterocycles. The standard InChI is InChI=1S/C18H25N5OS/c1-11(2)21-16(24)13-10-20-17(25-6)23-15(13)22-14-9-12(7-8-19-14)18(3,4)5/h7-11H,1-6H3,(H,21,24)(H,19,20,22,23). The summed E-state index contributed by atoms with van der Waals surface area (Å²) >= 11 is 1.42. The van der Waals surface area contributed by atoms with E-state index in [0.717, 1.165) is 5.56 Å². The van der Waals surface area contributed by atoms with Crippen molar-refractivity contribution in [2.24, 2.45) is 0 Å². The first-order valence-corrected chi connectivity index (χ1v) is 9.38. The maximum atomic E-state index is 12.4. The van der Waals surface area contributed by atoms with Crippen molar-refractivity contribution >= 4 is 29.3 Å². The second-order valence-corrected chi connectivity index (χ2v) is 7.83. The summed E-state index contributed by atoms with van der Waals surface area (Å²) in [5, 5.41) is 6.64. The topological polar surface area (TPSA) is 79.8 Å². The third-order valence-corrected chi connectivity index (χ3v) is 4.05. The molecule has 0 radical (unpaired) electrons. The first-order chi connectivity index (χ1) is 11.7. The second kappa shape index (κ2) is 7.82. The lowest BCUT2D eigenvalue weighted by Gasteiger charge is -2.20. The molecule has 0 saturated carbocycles. The number of nitrogens with zero attached hydrogens (tertiary/aromatic N) is 3. The molecule has 6 nitrogen and oxygen atoms in total. The zero-order valence-electron chi connectivity index (χ0n) is 15.5. The lowest BCUT2D eigenvalue weighted by Crippen LogP contribution is -2.31. The third kappa shape index (κ3) is 5.16. The normalized spacial score (nSPS) is 11.5. The number of thioether (sulfide) groups is 1. The summed E-state index contributed by atoms with van der Waals surface area (Å²) in [6.07, 6.45) is 5.20. The van der Waals surface area contributed by atoms with Gasteiger partial charge in [-0.3, -0.25) is 4.79 Å². The summed E-state index contributed by atoms with van der Waals surface area (Å²) in [6.45, 7) is 10.3. The van der Waals surface area contributed by atoms with Crippen LogP contribution in [0.4, 0.5) is 11.6 Å². The number of carbonyl (C=O) groups is 1. The number of rotatable bonds is 5. The van der Waals surface area contributed by atoms with Gasteiger partial charge in [-0.2, -0.15) is 0 Å². The molecule has 0 aliphatic rings. The van der Waals surface area contributed by atoms with Crippen molar-refractivity contribution in [3.63, 3.8) is 0 Å². The molecule has 0 unspecified atom stereocenters. The lowest BCUT2D eigenvalue weighted by molar-refractivity contribution is 0.0943. The van der Waals surface area contributed by atoms with Crippen molar-refractivity contribution < 1.29 is 4.79 Å². The first-order valence-electron chi connectivity index (χ1n) is 8.16. The number of aromatic nitrogens is 3. The van der Waals surface area contributed by atoms with Crippen LogP contribution in [0.3, 0.4) is 0 Å². The second-order valence-electron chi connectivity index (χ2n) is 7.05. The Hall–Kier alpha value is -2.15. The molecule has 0 aliphatic heterocycles. The fourth-order valence-corrected chi connectivity index (χ4v) is 2.49. The fourth-order valence-electron chi connectivity index (χ4n) is 2.15. The summed E-state index contributed by atoms with van der Waals surface area (Å²) in [7, 11) is 0. The first kappa shape index (κ1) is 19.2. The van der Waals surface area contributed by atoms with E-state index in [1.165, 1.54) is 11.8 Å². The molecule has 1 amide bonds. The number of nitrogens with one attached hydrogen (secondary N) is 2. The summed E-state index contributed by atoms with van der Waals surface area (Å²) < 4.78 is 0. The van der Waals surface area contributed by atoms with Gasteiger partial charge in [0, 0.05) is 18.4 Å². The average Bonchev–Trinajstić information content (AvgIpc) is 2.53. The number of hydrogen-bond acceptors (Lipinski definition) is 6. The third-order valence-electron chi connectivity index (χ3n) is 3.49. The molecule has 2 rings (SSSR count). The van der Waals surface area contributed by atoms with E-state index in [0.29, 0.717) is 22.4 Å². The lowest BCUT2D eigenvalue weighted by atomic mass is 9.88. The van der Waals surface area contributed by atoms with Crippen LogP contribution in [0, 0.1) is 0 Å². The maximum Gasteiger partial charge on any atom is 0.256 e. The Morgan fingerprint density at radius 1 is 1.24 bits per heavy atom. The predicted octanol–water partition coefficient (Wildman–Crippen LogP) is 3.77. The van der Waals surface area contributed by atoms with E-state index >= 15 is 0 Å². The van der Waals surface area contributed by atoms with E-state index < -0.39 is 0 Å². The minimum atomic E-state index is -0.211. The highest BCUT2D eigenvalue weighted by Crippen LogP contribution is 2.26. The van der Waals surface area contributed by atoms with Gasteiger partial charge in [0.25, 0.3) is 5.91 Å². The Labute approximate surface area is 153 Å². The number of pyridine rings is 1. The van der Waals surface area contributed by atoms with Crippen LogP contribution in [-0.4, -0.2) is 33.2 Å². The Morgan fingerprint density at radius 3 is 2.56 bits per heavy atom. The van der Waals surface area contributed by atoms with Crippen molar-refractivity contribution in [3.05, 3.63) is 35.7 Å². The van der Waals surface area contributed by atoms with Crippen LogP contribution in [0.2, 0.25) is 0 Å². The van der Waals surface area contributed by atoms with Gasteiger partial charge in [0.1, 0.15) is 17.2 Å². The zero-order valence-corrected chi connectivity index (χ0v) is 16.4. The zero-order chi connectivity index (χ0) is 18.6. The molecule has 2 aromatic rings. The van der Waals surface area contributed by atoms with E-state index in [2.05, 4.69) is 46.4 Å². The van der Waals surface area contributed by atoms with E-state index in [4.69, 9.17) is 0 Å². The highest BCUT2D eigenvalue weighted by atomic mass is 32.2. The summed E-state index contributed by atoms with van der Waals surface area (Å²) in [4.78, 5) is 25.5. The van der Waals surface area contributed by atoms with Crippen LogP contribution < -0.4 is 10.6 Å². The van der Waals surface area contributed by atoms with Crippen LogP contribution in [0.1, 0.15) is 50.5 Å². The molecule has 2 aromatic heterocycles.